The number of rotatable bonds is 2. The van der Waals surface area contributed by atoms with Gasteiger partial charge in [-0.2, -0.15) is 0 Å². The van der Waals surface area contributed by atoms with Crippen molar-refractivity contribution in [1.82, 2.24) is 0 Å². The summed E-state index contributed by atoms with van der Waals surface area (Å²) in [5, 5.41) is 0. The lowest BCUT2D eigenvalue weighted by molar-refractivity contribution is -0.169. The third kappa shape index (κ3) is 3.33. The monoisotopic (exact) mass is 203 g/mol. The van der Waals surface area contributed by atoms with Crippen LogP contribution in [0.3, 0.4) is 0 Å². The quantitative estimate of drug-likeness (QED) is 0.513. The van der Waals surface area contributed by atoms with Crippen LogP contribution < -0.4 is 5.73 Å². The van der Waals surface area contributed by atoms with Crippen LogP contribution in [0, 0.1) is 0 Å². The molecule has 0 bridgehead atoms. The van der Waals surface area contributed by atoms with Gasteiger partial charge >= 0.3 is 11.9 Å². The highest BCUT2D eigenvalue weighted by atomic mass is 16.6. The number of methoxy groups -OCH3 is 1. The van der Waals surface area contributed by atoms with Gasteiger partial charge in [-0.1, -0.05) is 0 Å². The molecule has 0 saturated heterocycles. The lowest BCUT2D eigenvalue weighted by atomic mass is 10.0. The molecule has 0 aliphatic carbocycles. The zero-order valence-corrected chi connectivity index (χ0v) is 9.21. The second kappa shape index (κ2) is 3.96. The van der Waals surface area contributed by atoms with Gasteiger partial charge in [0.1, 0.15) is 5.60 Å². The number of esters is 2. The van der Waals surface area contributed by atoms with E-state index in [1.165, 1.54) is 6.92 Å². The van der Waals surface area contributed by atoms with Crippen molar-refractivity contribution < 1.29 is 19.1 Å². The largest absolute Gasteiger partial charge is 0.467 e. The van der Waals surface area contributed by atoms with E-state index >= 15 is 0 Å². The maximum atomic E-state index is 11.4. The number of carbonyl (C=O) groups excluding carboxylic acids is 2. The molecule has 0 aliphatic rings. The summed E-state index contributed by atoms with van der Waals surface area (Å²) in [6.07, 6.45) is 0. The van der Waals surface area contributed by atoms with E-state index in [9.17, 15) is 9.59 Å². The summed E-state index contributed by atoms with van der Waals surface area (Å²) in [5.41, 5.74) is 3.05. The van der Waals surface area contributed by atoms with Crippen LogP contribution in [0.2, 0.25) is 0 Å². The molecule has 0 aromatic heterocycles. The van der Waals surface area contributed by atoms with Crippen molar-refractivity contribution in [1.29, 1.82) is 0 Å². The Morgan fingerprint density at radius 1 is 1.07 bits per heavy atom. The molecule has 1 unspecified atom stereocenters. The first-order chi connectivity index (χ1) is 6.11. The van der Waals surface area contributed by atoms with Crippen molar-refractivity contribution in [3.05, 3.63) is 0 Å². The molecule has 0 aromatic rings. The van der Waals surface area contributed by atoms with Gasteiger partial charge in [-0.15, -0.1) is 0 Å². The molecule has 0 heterocycles. The van der Waals surface area contributed by atoms with Crippen molar-refractivity contribution in [2.24, 2.45) is 5.73 Å². The molecular weight excluding hydrogens is 186 g/mol. The molecular formula is C9H17NO4. The number of nitrogens with two attached hydrogens (primary N) is 1. The SMILES string of the molecule is COC(=O)C(C)(N)C(=O)OC(C)(C)C. The van der Waals surface area contributed by atoms with Crippen molar-refractivity contribution in [3.63, 3.8) is 0 Å². The molecule has 0 saturated carbocycles. The van der Waals surface area contributed by atoms with Crippen LogP contribution in [0.25, 0.3) is 0 Å². The Kier molecular flexibility index (Phi) is 3.65. The molecule has 0 spiro atoms. The predicted molar refractivity (Wildman–Crippen MR) is 50.5 cm³/mol. The number of ether oxygens (including phenoxy) is 2. The van der Waals surface area contributed by atoms with Crippen LogP contribution in [-0.4, -0.2) is 30.2 Å². The maximum Gasteiger partial charge on any atom is 0.338 e. The van der Waals surface area contributed by atoms with Gasteiger partial charge < -0.3 is 15.2 Å². The summed E-state index contributed by atoms with van der Waals surface area (Å²) in [7, 11) is 1.16. The van der Waals surface area contributed by atoms with Crippen LogP contribution in [0.15, 0.2) is 0 Å². The Hall–Kier alpha value is -1.10. The van der Waals surface area contributed by atoms with E-state index in [1.807, 2.05) is 0 Å². The van der Waals surface area contributed by atoms with Gasteiger partial charge in [0.05, 0.1) is 7.11 Å². The summed E-state index contributed by atoms with van der Waals surface area (Å²) < 4.78 is 9.35. The van der Waals surface area contributed by atoms with Crippen LogP contribution in [-0.2, 0) is 19.1 Å². The summed E-state index contributed by atoms with van der Waals surface area (Å²) in [4.78, 5) is 22.5. The predicted octanol–water partition coefficient (Wildman–Crippen LogP) is 0.218. The number of hydrogen-bond acceptors (Lipinski definition) is 5. The minimum absolute atomic E-state index is 0.675. The molecule has 14 heavy (non-hydrogen) atoms. The lowest BCUT2D eigenvalue weighted by Crippen LogP contribution is -2.55. The fourth-order valence-corrected chi connectivity index (χ4v) is 0.679. The van der Waals surface area contributed by atoms with E-state index in [2.05, 4.69) is 4.74 Å². The fraction of sp³-hybridized carbons (Fsp3) is 0.778. The Labute approximate surface area is 83.5 Å². The second-order valence-electron chi connectivity index (χ2n) is 4.20. The first kappa shape index (κ1) is 12.9. The molecule has 5 nitrogen and oxygen atoms in total. The van der Waals surface area contributed by atoms with E-state index in [4.69, 9.17) is 10.5 Å². The molecule has 0 fully saturated rings. The molecule has 0 radical (unpaired) electrons. The number of carbonyl (C=O) groups is 2. The molecule has 0 rings (SSSR count). The standard InChI is InChI=1S/C9H17NO4/c1-8(2,3)14-7(12)9(4,10)6(11)13-5/h10H2,1-5H3. The van der Waals surface area contributed by atoms with E-state index in [-0.39, 0.29) is 0 Å². The van der Waals surface area contributed by atoms with Gasteiger partial charge in [0.15, 0.2) is 0 Å². The van der Waals surface area contributed by atoms with Gasteiger partial charge in [0.25, 0.3) is 0 Å². The van der Waals surface area contributed by atoms with Crippen molar-refractivity contribution in [2.75, 3.05) is 7.11 Å². The highest BCUT2D eigenvalue weighted by Crippen LogP contribution is 2.13. The summed E-state index contributed by atoms with van der Waals surface area (Å²) in [6, 6.07) is 0. The van der Waals surface area contributed by atoms with Crippen LogP contribution in [0.4, 0.5) is 0 Å². The molecule has 5 heteroatoms. The Morgan fingerprint density at radius 2 is 1.50 bits per heavy atom. The van der Waals surface area contributed by atoms with E-state index in [0.29, 0.717) is 0 Å². The normalized spacial score (nSPS) is 15.6. The molecule has 0 aliphatic heterocycles. The summed E-state index contributed by atoms with van der Waals surface area (Å²) in [5.74, 6) is -1.61. The third-order valence-corrected chi connectivity index (χ3v) is 1.43. The van der Waals surface area contributed by atoms with Crippen molar-refractivity contribution in [3.8, 4) is 0 Å². The average molecular weight is 203 g/mol. The summed E-state index contributed by atoms with van der Waals surface area (Å²) >= 11 is 0. The minimum Gasteiger partial charge on any atom is -0.467 e. The summed E-state index contributed by atoms with van der Waals surface area (Å²) in [6.45, 7) is 6.34. The first-order valence-electron chi connectivity index (χ1n) is 4.22. The average Bonchev–Trinajstić information content (AvgIpc) is 1.99. The maximum absolute atomic E-state index is 11.4. The van der Waals surface area contributed by atoms with Crippen LogP contribution in [0.1, 0.15) is 27.7 Å². The Bertz CT molecular complexity index is 240. The highest BCUT2D eigenvalue weighted by Gasteiger charge is 2.41. The van der Waals surface area contributed by atoms with Gasteiger partial charge in [-0.05, 0) is 27.7 Å². The van der Waals surface area contributed by atoms with Gasteiger partial charge in [-0.25, -0.2) is 9.59 Å². The molecule has 0 aromatic carbocycles. The van der Waals surface area contributed by atoms with Crippen molar-refractivity contribution in [2.45, 2.75) is 38.8 Å². The first-order valence-corrected chi connectivity index (χ1v) is 4.22. The van der Waals surface area contributed by atoms with Crippen LogP contribution >= 0.6 is 0 Å². The number of hydrogen-bond donors (Lipinski definition) is 1. The van der Waals surface area contributed by atoms with Gasteiger partial charge in [0.2, 0.25) is 5.54 Å². The molecule has 1 atom stereocenters. The smallest absolute Gasteiger partial charge is 0.338 e. The Balaban J connectivity index is 4.60. The fourth-order valence-electron chi connectivity index (χ4n) is 0.679. The van der Waals surface area contributed by atoms with Crippen LogP contribution in [0.5, 0.6) is 0 Å². The van der Waals surface area contributed by atoms with Gasteiger partial charge in [0, 0.05) is 0 Å². The topological polar surface area (TPSA) is 78.6 Å². The Morgan fingerprint density at radius 3 is 1.79 bits per heavy atom. The molecule has 82 valence electrons. The van der Waals surface area contributed by atoms with E-state index in [1.54, 1.807) is 20.8 Å². The van der Waals surface area contributed by atoms with Crippen molar-refractivity contribution >= 4 is 11.9 Å². The minimum atomic E-state index is -1.75. The van der Waals surface area contributed by atoms with Gasteiger partial charge in [-0.3, -0.25) is 0 Å². The lowest BCUT2D eigenvalue weighted by Gasteiger charge is -2.26. The zero-order chi connectivity index (χ0) is 11.6. The van der Waals surface area contributed by atoms with E-state index in [0.717, 1.165) is 7.11 Å². The molecule has 0 amide bonds. The highest BCUT2D eigenvalue weighted by molar-refractivity contribution is 6.04. The zero-order valence-electron chi connectivity index (χ0n) is 9.21. The van der Waals surface area contributed by atoms with E-state index < -0.39 is 23.1 Å². The second-order valence-corrected chi connectivity index (χ2v) is 4.20. The molecule has 2 N–H and O–H groups in total. The third-order valence-electron chi connectivity index (χ3n) is 1.43.